The molecule has 0 radical (unpaired) electrons. The van der Waals surface area contributed by atoms with Gasteiger partial charge >= 0.3 is 11.8 Å². The van der Waals surface area contributed by atoms with Crippen LogP contribution in [-0.2, 0) is 32.7 Å². The Morgan fingerprint density at radius 3 is 2.41 bits per heavy atom. The maximum atomic E-state index is 13.7. The molecule has 9 nitrogen and oxygen atoms in total. The van der Waals surface area contributed by atoms with Crippen LogP contribution in [0.25, 0.3) is 10.8 Å². The highest BCUT2D eigenvalue weighted by Gasteiger charge is 2.27. The van der Waals surface area contributed by atoms with E-state index in [9.17, 15) is 18.0 Å². The first-order chi connectivity index (χ1) is 21.1. The Kier molecular flexibility index (Phi) is 9.46. The number of halogens is 2. The second-order valence-electron chi connectivity index (χ2n) is 9.81. The van der Waals surface area contributed by atoms with Gasteiger partial charge in [0.1, 0.15) is 11.5 Å². The van der Waals surface area contributed by atoms with E-state index in [1.54, 1.807) is 66.7 Å². The van der Waals surface area contributed by atoms with E-state index < -0.39 is 21.8 Å². The number of anilines is 1. The Hall–Kier alpha value is -4.48. The van der Waals surface area contributed by atoms with E-state index in [2.05, 4.69) is 15.8 Å². The molecule has 0 saturated heterocycles. The maximum absolute atomic E-state index is 13.7. The zero-order valence-electron chi connectivity index (χ0n) is 23.3. The van der Waals surface area contributed by atoms with E-state index >= 15 is 0 Å². The Balaban J connectivity index is 1.27. The van der Waals surface area contributed by atoms with Gasteiger partial charge in [0.25, 0.3) is 0 Å². The topological polar surface area (TPSA) is 121 Å². The second kappa shape index (κ2) is 13.4. The molecule has 2 N–H and O–H groups in total. The van der Waals surface area contributed by atoms with Gasteiger partial charge in [-0.1, -0.05) is 83.4 Å². The first-order valence-corrected chi connectivity index (χ1v) is 15.5. The summed E-state index contributed by atoms with van der Waals surface area (Å²) >= 11 is 12.4. The van der Waals surface area contributed by atoms with Gasteiger partial charge in [0.05, 0.1) is 17.7 Å². The van der Waals surface area contributed by atoms with E-state index in [-0.39, 0.29) is 23.7 Å². The predicted molar refractivity (Wildman–Crippen MR) is 171 cm³/mol. The molecule has 12 heteroatoms. The van der Waals surface area contributed by atoms with Crippen molar-refractivity contribution in [2.75, 3.05) is 5.32 Å². The number of hydrogen-bond donors (Lipinski definition) is 2. The Morgan fingerprint density at radius 2 is 1.64 bits per heavy atom. The quantitative estimate of drug-likeness (QED) is 0.107. The molecule has 5 rings (SSSR count). The number of carbonyl (C=O) groups is 2. The van der Waals surface area contributed by atoms with Crippen LogP contribution < -0.4 is 10.7 Å². The van der Waals surface area contributed by atoms with E-state index in [1.807, 2.05) is 37.3 Å². The standard InChI is InChI=1S/C32H26Cl2N4O5S/c1-21-9-15-27(16-10-21)44(41,42)38(19-23-11-12-24(33)17-29(23)34)20-26-14-13-25(43-26)18-35-37-32(40)31(39)36-30-8-4-6-22-5-2-3-7-28(22)30/h2-18H,19-20H2,1H3,(H,36,39)(H,37,40)/b35-18+. The molecule has 0 aliphatic carbocycles. The van der Waals surface area contributed by atoms with Crippen molar-refractivity contribution in [2.24, 2.45) is 5.10 Å². The van der Waals surface area contributed by atoms with E-state index in [1.165, 1.54) is 10.5 Å². The highest BCUT2D eigenvalue weighted by Crippen LogP contribution is 2.27. The highest BCUT2D eigenvalue weighted by molar-refractivity contribution is 7.89. The molecule has 0 aliphatic heterocycles. The van der Waals surface area contributed by atoms with Crippen LogP contribution in [0.1, 0.15) is 22.6 Å². The Bertz CT molecular complexity index is 1970. The number of nitrogens with zero attached hydrogens (tertiary/aromatic N) is 2. The lowest BCUT2D eigenvalue weighted by atomic mass is 10.1. The van der Waals surface area contributed by atoms with Crippen molar-refractivity contribution in [3.05, 3.63) is 130 Å². The number of benzene rings is 4. The normalized spacial score (nSPS) is 11.7. The van der Waals surface area contributed by atoms with Crippen LogP contribution >= 0.6 is 23.2 Å². The van der Waals surface area contributed by atoms with Crippen LogP contribution in [0.5, 0.6) is 0 Å². The second-order valence-corrected chi connectivity index (χ2v) is 12.6. The van der Waals surface area contributed by atoms with Crippen molar-refractivity contribution in [3.63, 3.8) is 0 Å². The number of carbonyl (C=O) groups excluding carboxylic acids is 2. The van der Waals surface area contributed by atoms with Crippen molar-refractivity contribution in [3.8, 4) is 0 Å². The lowest BCUT2D eigenvalue weighted by Crippen LogP contribution is -2.32. The average Bonchev–Trinajstić information content (AvgIpc) is 3.45. The van der Waals surface area contributed by atoms with Gasteiger partial charge in [0.15, 0.2) is 0 Å². The van der Waals surface area contributed by atoms with Crippen LogP contribution in [0.15, 0.2) is 111 Å². The number of furan rings is 1. The number of sulfonamides is 1. The minimum Gasteiger partial charge on any atom is -0.459 e. The minimum absolute atomic E-state index is 0.0434. The largest absolute Gasteiger partial charge is 0.459 e. The third-order valence-corrected chi connectivity index (χ3v) is 9.03. The number of amides is 2. The number of nitrogens with one attached hydrogen (secondary N) is 2. The van der Waals surface area contributed by atoms with Gasteiger partial charge in [-0.3, -0.25) is 9.59 Å². The van der Waals surface area contributed by atoms with Crippen LogP contribution in [0.4, 0.5) is 5.69 Å². The van der Waals surface area contributed by atoms with Gasteiger partial charge in [-0.25, -0.2) is 13.8 Å². The number of hydrogen-bond acceptors (Lipinski definition) is 6. The summed E-state index contributed by atoms with van der Waals surface area (Å²) in [5.41, 5.74) is 4.14. The van der Waals surface area contributed by atoms with Gasteiger partial charge in [-0.05, 0) is 60.3 Å². The van der Waals surface area contributed by atoms with E-state index in [4.69, 9.17) is 27.6 Å². The summed E-state index contributed by atoms with van der Waals surface area (Å²) in [6.45, 7) is 1.70. The number of hydrazone groups is 1. The molecular formula is C32H26Cl2N4O5S. The molecule has 1 aromatic heterocycles. The molecule has 0 unspecified atom stereocenters. The molecule has 0 saturated carbocycles. The minimum atomic E-state index is -3.96. The van der Waals surface area contributed by atoms with Gasteiger partial charge in [0.2, 0.25) is 10.0 Å². The predicted octanol–water partition coefficient (Wildman–Crippen LogP) is 6.53. The summed E-state index contributed by atoms with van der Waals surface area (Å²) in [5.74, 6) is -1.33. The Morgan fingerprint density at radius 1 is 0.886 bits per heavy atom. The summed E-state index contributed by atoms with van der Waals surface area (Å²) in [4.78, 5) is 24.9. The number of aryl methyl sites for hydroxylation is 1. The summed E-state index contributed by atoms with van der Waals surface area (Å²) in [6.07, 6.45) is 1.21. The van der Waals surface area contributed by atoms with E-state index in [0.29, 0.717) is 27.1 Å². The van der Waals surface area contributed by atoms with Crippen LogP contribution in [0, 0.1) is 6.92 Å². The van der Waals surface area contributed by atoms with Crippen molar-refractivity contribution in [2.45, 2.75) is 24.9 Å². The fourth-order valence-corrected chi connectivity index (χ4v) is 6.22. The molecule has 5 aromatic rings. The molecule has 0 spiro atoms. The first-order valence-electron chi connectivity index (χ1n) is 13.3. The lowest BCUT2D eigenvalue weighted by molar-refractivity contribution is -0.136. The van der Waals surface area contributed by atoms with E-state index in [0.717, 1.165) is 16.3 Å². The van der Waals surface area contributed by atoms with Crippen LogP contribution in [0.3, 0.4) is 0 Å². The zero-order valence-corrected chi connectivity index (χ0v) is 25.7. The van der Waals surface area contributed by atoms with Gasteiger partial charge in [-0.15, -0.1) is 0 Å². The molecule has 0 fully saturated rings. The average molecular weight is 650 g/mol. The molecule has 0 bridgehead atoms. The van der Waals surface area contributed by atoms with Gasteiger partial charge in [-0.2, -0.15) is 9.41 Å². The summed E-state index contributed by atoms with van der Waals surface area (Å²) in [5, 5.41) is 8.86. The molecular weight excluding hydrogens is 623 g/mol. The molecule has 0 aliphatic rings. The van der Waals surface area contributed by atoms with Crippen molar-refractivity contribution in [1.29, 1.82) is 0 Å². The highest BCUT2D eigenvalue weighted by atomic mass is 35.5. The third-order valence-electron chi connectivity index (χ3n) is 6.64. The lowest BCUT2D eigenvalue weighted by Gasteiger charge is -2.22. The van der Waals surface area contributed by atoms with Crippen molar-refractivity contribution in [1.82, 2.24) is 9.73 Å². The van der Waals surface area contributed by atoms with Crippen molar-refractivity contribution >= 4 is 67.7 Å². The third kappa shape index (κ3) is 7.35. The van der Waals surface area contributed by atoms with Gasteiger partial charge in [0, 0.05) is 27.7 Å². The molecule has 44 heavy (non-hydrogen) atoms. The van der Waals surface area contributed by atoms with Gasteiger partial charge < -0.3 is 9.73 Å². The van der Waals surface area contributed by atoms with Crippen LogP contribution in [0.2, 0.25) is 10.0 Å². The summed E-state index contributed by atoms with van der Waals surface area (Å²) in [7, 11) is -3.96. The number of fused-ring (bicyclic) bond motifs is 1. The first kappa shape index (κ1) is 31.0. The molecule has 224 valence electrons. The Labute approximate surface area is 264 Å². The molecule has 4 aromatic carbocycles. The summed E-state index contributed by atoms with van der Waals surface area (Å²) < 4.78 is 34.3. The molecule has 2 amide bonds. The fraction of sp³-hybridized carbons (Fsp3) is 0.0938. The smallest absolute Gasteiger partial charge is 0.329 e. The monoisotopic (exact) mass is 648 g/mol. The SMILES string of the molecule is Cc1ccc(S(=O)(=O)N(Cc2ccc(/C=N/NC(=O)C(=O)Nc3cccc4ccccc34)o2)Cc2ccc(Cl)cc2Cl)cc1. The molecule has 0 atom stereocenters. The number of rotatable bonds is 9. The van der Waals surface area contributed by atoms with Crippen molar-refractivity contribution < 1.29 is 22.4 Å². The summed E-state index contributed by atoms with van der Waals surface area (Å²) in [6, 6.07) is 27.4. The zero-order chi connectivity index (χ0) is 31.3. The maximum Gasteiger partial charge on any atom is 0.329 e. The van der Waals surface area contributed by atoms with Crippen LogP contribution in [-0.4, -0.2) is 30.8 Å². The fourth-order valence-electron chi connectivity index (χ4n) is 4.37. The molecule has 1 heterocycles.